The molecular weight excluding hydrogens is 258 g/mol. The molecule has 1 amide bonds. The number of rotatable bonds is 6. The molecule has 1 aliphatic heterocycles. The average molecular weight is 277 g/mol. The average Bonchev–Trinajstić information content (AvgIpc) is 2.83. The first-order valence-corrected chi connectivity index (χ1v) is 6.76. The van der Waals surface area contributed by atoms with Crippen LogP contribution < -0.4 is 5.32 Å². The van der Waals surface area contributed by atoms with Crippen LogP contribution in [0.25, 0.3) is 0 Å². The summed E-state index contributed by atoms with van der Waals surface area (Å²) in [7, 11) is 0. The lowest BCUT2D eigenvalue weighted by atomic mass is 10.2. The lowest BCUT2D eigenvalue weighted by molar-refractivity contribution is -0.141. The summed E-state index contributed by atoms with van der Waals surface area (Å²) in [6.07, 6.45) is 0.577. The van der Waals surface area contributed by atoms with Crippen molar-refractivity contribution in [1.29, 1.82) is 0 Å². The number of cyclic esters (lactones) is 1. The topological polar surface area (TPSA) is 64.6 Å². The second kappa shape index (κ2) is 7.05. The van der Waals surface area contributed by atoms with E-state index in [-0.39, 0.29) is 24.4 Å². The number of carbonyl (C=O) groups excluding carboxylic acids is 2. The number of amides is 1. The van der Waals surface area contributed by atoms with Gasteiger partial charge in [-0.1, -0.05) is 30.3 Å². The molecule has 1 heterocycles. The maximum atomic E-state index is 11.8. The van der Waals surface area contributed by atoms with Crippen molar-refractivity contribution in [1.82, 2.24) is 5.32 Å². The van der Waals surface area contributed by atoms with Crippen molar-refractivity contribution in [3.05, 3.63) is 35.9 Å². The number of ether oxygens (including phenoxy) is 2. The summed E-state index contributed by atoms with van der Waals surface area (Å²) in [4.78, 5) is 23.0. The normalized spacial score (nSPS) is 19.4. The Kier molecular flexibility index (Phi) is 5.12. The summed E-state index contributed by atoms with van der Waals surface area (Å²) in [5.41, 5.74) is 1.07. The van der Waals surface area contributed by atoms with Crippen molar-refractivity contribution in [3.63, 3.8) is 0 Å². The molecule has 1 aliphatic rings. The van der Waals surface area contributed by atoms with Crippen molar-refractivity contribution in [2.45, 2.75) is 38.5 Å². The lowest BCUT2D eigenvalue weighted by Crippen LogP contribution is -2.39. The van der Waals surface area contributed by atoms with E-state index in [1.807, 2.05) is 37.3 Å². The number of hydrogen-bond donors (Lipinski definition) is 1. The molecule has 0 radical (unpaired) electrons. The minimum atomic E-state index is -0.496. The van der Waals surface area contributed by atoms with Crippen molar-refractivity contribution in [2.75, 3.05) is 6.61 Å². The van der Waals surface area contributed by atoms with Crippen LogP contribution >= 0.6 is 0 Å². The molecule has 5 nitrogen and oxygen atoms in total. The van der Waals surface area contributed by atoms with E-state index in [1.54, 1.807) is 0 Å². The second-order valence-electron chi connectivity index (χ2n) is 4.89. The van der Waals surface area contributed by atoms with E-state index < -0.39 is 6.04 Å². The van der Waals surface area contributed by atoms with Crippen LogP contribution in [0.3, 0.4) is 0 Å². The molecule has 2 atom stereocenters. The third-order valence-electron chi connectivity index (χ3n) is 3.12. The van der Waals surface area contributed by atoms with Crippen molar-refractivity contribution >= 4 is 11.9 Å². The van der Waals surface area contributed by atoms with Gasteiger partial charge in [-0.2, -0.15) is 0 Å². The fourth-order valence-corrected chi connectivity index (χ4v) is 2.01. The van der Waals surface area contributed by atoms with E-state index in [0.717, 1.165) is 5.56 Å². The van der Waals surface area contributed by atoms with E-state index in [0.29, 0.717) is 19.6 Å². The van der Waals surface area contributed by atoms with E-state index in [1.165, 1.54) is 0 Å². The van der Waals surface area contributed by atoms with E-state index >= 15 is 0 Å². The Labute approximate surface area is 118 Å². The van der Waals surface area contributed by atoms with Crippen LogP contribution in [0.4, 0.5) is 0 Å². The molecule has 108 valence electrons. The molecule has 1 N–H and O–H groups in total. The summed E-state index contributed by atoms with van der Waals surface area (Å²) in [6.45, 7) is 2.69. The molecule has 1 saturated heterocycles. The van der Waals surface area contributed by atoms with Crippen molar-refractivity contribution in [3.8, 4) is 0 Å². The highest BCUT2D eigenvalue weighted by molar-refractivity contribution is 5.85. The van der Waals surface area contributed by atoms with Crippen LogP contribution in [0.15, 0.2) is 30.3 Å². The van der Waals surface area contributed by atoms with Gasteiger partial charge in [-0.05, 0) is 12.5 Å². The monoisotopic (exact) mass is 277 g/mol. The highest BCUT2D eigenvalue weighted by atomic mass is 16.5. The quantitative estimate of drug-likeness (QED) is 0.799. The molecule has 1 aromatic carbocycles. The first kappa shape index (κ1) is 14.5. The zero-order valence-corrected chi connectivity index (χ0v) is 11.5. The minimum absolute atomic E-state index is 0.186. The maximum absolute atomic E-state index is 11.8. The molecular formula is C15H19NO4. The van der Waals surface area contributed by atoms with Crippen LogP contribution in [0.1, 0.15) is 25.3 Å². The van der Waals surface area contributed by atoms with E-state index in [9.17, 15) is 9.59 Å². The molecule has 1 aromatic rings. The van der Waals surface area contributed by atoms with Gasteiger partial charge in [0.1, 0.15) is 6.04 Å². The van der Waals surface area contributed by atoms with Gasteiger partial charge in [-0.25, -0.2) is 4.79 Å². The Bertz CT molecular complexity index is 460. The van der Waals surface area contributed by atoms with Crippen LogP contribution in [0.5, 0.6) is 0 Å². The van der Waals surface area contributed by atoms with Gasteiger partial charge in [0.15, 0.2) is 0 Å². The predicted molar refractivity (Wildman–Crippen MR) is 72.8 cm³/mol. The second-order valence-corrected chi connectivity index (χ2v) is 4.89. The highest BCUT2D eigenvalue weighted by Crippen LogP contribution is 2.08. The standard InChI is InChI=1S/C15H19NO4/c1-11(20-10-12-5-3-2-4-6-12)9-14(17)16-13-7-8-19-15(13)18/h2-6,11,13H,7-10H2,1H3,(H,16,17). The zero-order valence-electron chi connectivity index (χ0n) is 11.5. The first-order chi connectivity index (χ1) is 9.65. The first-order valence-electron chi connectivity index (χ1n) is 6.76. The zero-order chi connectivity index (χ0) is 14.4. The largest absolute Gasteiger partial charge is 0.464 e. The van der Waals surface area contributed by atoms with E-state index in [2.05, 4.69) is 5.32 Å². The van der Waals surface area contributed by atoms with Gasteiger partial charge in [-0.15, -0.1) is 0 Å². The molecule has 0 saturated carbocycles. The Morgan fingerprint density at radius 2 is 2.20 bits per heavy atom. The Morgan fingerprint density at radius 1 is 1.45 bits per heavy atom. The van der Waals surface area contributed by atoms with Crippen LogP contribution in [-0.4, -0.2) is 30.6 Å². The van der Waals surface area contributed by atoms with Gasteiger partial charge in [0.2, 0.25) is 5.91 Å². The third kappa shape index (κ3) is 4.35. The number of benzene rings is 1. The minimum Gasteiger partial charge on any atom is -0.464 e. The summed E-state index contributed by atoms with van der Waals surface area (Å²) >= 11 is 0. The van der Waals surface area contributed by atoms with Gasteiger partial charge >= 0.3 is 5.97 Å². The van der Waals surface area contributed by atoms with Crippen molar-refractivity contribution < 1.29 is 19.1 Å². The molecule has 0 aromatic heterocycles. The van der Waals surface area contributed by atoms with Crippen LogP contribution in [0.2, 0.25) is 0 Å². The third-order valence-corrected chi connectivity index (χ3v) is 3.12. The lowest BCUT2D eigenvalue weighted by Gasteiger charge is -2.14. The Hall–Kier alpha value is -1.88. The van der Waals surface area contributed by atoms with Crippen LogP contribution in [-0.2, 0) is 25.7 Å². The summed E-state index contributed by atoms with van der Waals surface area (Å²) in [6, 6.07) is 9.29. The molecule has 20 heavy (non-hydrogen) atoms. The van der Waals surface area contributed by atoms with Gasteiger partial charge < -0.3 is 14.8 Å². The predicted octanol–water partition coefficient (Wildman–Crippen LogP) is 1.41. The summed E-state index contributed by atoms with van der Waals surface area (Å²) in [5.74, 6) is -0.536. The fourth-order valence-electron chi connectivity index (χ4n) is 2.01. The number of carbonyl (C=O) groups is 2. The molecule has 2 rings (SSSR count). The molecule has 1 fully saturated rings. The van der Waals surface area contributed by atoms with Gasteiger partial charge in [-0.3, -0.25) is 4.79 Å². The molecule has 5 heteroatoms. The van der Waals surface area contributed by atoms with Gasteiger partial charge in [0.05, 0.1) is 25.7 Å². The van der Waals surface area contributed by atoms with Gasteiger partial charge in [0.25, 0.3) is 0 Å². The molecule has 0 spiro atoms. The SMILES string of the molecule is CC(CC(=O)NC1CCOC1=O)OCc1ccccc1. The highest BCUT2D eigenvalue weighted by Gasteiger charge is 2.28. The van der Waals surface area contributed by atoms with Gasteiger partial charge in [0, 0.05) is 6.42 Å². The summed E-state index contributed by atoms with van der Waals surface area (Å²) in [5, 5.41) is 2.66. The smallest absolute Gasteiger partial charge is 0.328 e. The number of nitrogens with one attached hydrogen (secondary N) is 1. The van der Waals surface area contributed by atoms with Crippen molar-refractivity contribution in [2.24, 2.45) is 0 Å². The number of hydrogen-bond acceptors (Lipinski definition) is 4. The fraction of sp³-hybridized carbons (Fsp3) is 0.467. The molecule has 2 unspecified atom stereocenters. The Morgan fingerprint density at radius 3 is 2.85 bits per heavy atom. The van der Waals surface area contributed by atoms with E-state index in [4.69, 9.17) is 9.47 Å². The maximum Gasteiger partial charge on any atom is 0.328 e. The van der Waals surface area contributed by atoms with Crippen LogP contribution in [0, 0.1) is 0 Å². The molecule has 0 aliphatic carbocycles. The molecule has 0 bridgehead atoms. The Balaban J connectivity index is 1.69. The summed E-state index contributed by atoms with van der Waals surface area (Å²) < 4.78 is 10.4. The number of esters is 1.